The first kappa shape index (κ1) is 14.6. The minimum Gasteiger partial charge on any atom is -0.323 e. The standard InChI is InChI=1S/C16H19N3O3/c1-3-4-5-8-19-15(22)18-14(21)16(19)11-9-10(2)6-7-12(11)17-13(16)20/h6-7,9H,3-5,8H2,1-2H3,(H,17,20)(H,18,21,22)/t16-/m1/s1. The van der Waals surface area contributed by atoms with Gasteiger partial charge in [0.15, 0.2) is 0 Å². The molecular weight excluding hydrogens is 282 g/mol. The Hall–Kier alpha value is -2.37. The average molecular weight is 301 g/mol. The molecule has 2 N–H and O–H groups in total. The normalized spacial score (nSPS) is 23.0. The lowest BCUT2D eigenvalue weighted by atomic mass is 9.88. The number of carbonyl (C=O) groups excluding carboxylic acids is 3. The predicted octanol–water partition coefficient (Wildman–Crippen LogP) is 1.88. The van der Waals surface area contributed by atoms with Crippen molar-refractivity contribution in [2.45, 2.75) is 38.6 Å². The zero-order chi connectivity index (χ0) is 15.9. The molecule has 1 atom stereocenters. The minimum atomic E-state index is -1.55. The fourth-order valence-electron chi connectivity index (χ4n) is 3.21. The number of carbonyl (C=O) groups is 3. The number of unbranched alkanes of at least 4 members (excludes halogenated alkanes) is 2. The number of imide groups is 1. The van der Waals surface area contributed by atoms with Crippen LogP contribution < -0.4 is 10.6 Å². The molecule has 0 bridgehead atoms. The van der Waals surface area contributed by atoms with E-state index in [0.717, 1.165) is 24.8 Å². The van der Waals surface area contributed by atoms with Crippen LogP contribution in [-0.2, 0) is 15.1 Å². The molecule has 22 heavy (non-hydrogen) atoms. The zero-order valence-corrected chi connectivity index (χ0v) is 12.7. The van der Waals surface area contributed by atoms with Gasteiger partial charge in [0.25, 0.3) is 11.8 Å². The van der Waals surface area contributed by atoms with Crippen molar-refractivity contribution in [2.24, 2.45) is 0 Å². The van der Waals surface area contributed by atoms with Crippen molar-refractivity contribution >= 4 is 23.5 Å². The highest BCUT2D eigenvalue weighted by molar-refractivity contribution is 6.26. The molecule has 1 spiro atoms. The summed E-state index contributed by atoms with van der Waals surface area (Å²) in [5.74, 6) is -1.01. The van der Waals surface area contributed by atoms with E-state index in [1.807, 2.05) is 13.0 Å². The van der Waals surface area contributed by atoms with Crippen LogP contribution in [0.1, 0.15) is 37.3 Å². The zero-order valence-electron chi connectivity index (χ0n) is 12.7. The van der Waals surface area contributed by atoms with Crippen molar-refractivity contribution in [3.05, 3.63) is 29.3 Å². The van der Waals surface area contributed by atoms with Crippen LogP contribution in [-0.4, -0.2) is 29.3 Å². The summed E-state index contributed by atoms with van der Waals surface area (Å²) >= 11 is 0. The lowest BCUT2D eigenvalue weighted by molar-refractivity contribution is -0.137. The Balaban J connectivity index is 2.09. The summed E-state index contributed by atoms with van der Waals surface area (Å²) in [6.45, 7) is 4.34. The van der Waals surface area contributed by atoms with Crippen LogP contribution in [0.15, 0.2) is 18.2 Å². The maximum atomic E-state index is 12.6. The molecule has 0 aliphatic carbocycles. The second-order valence-electron chi connectivity index (χ2n) is 5.83. The summed E-state index contributed by atoms with van der Waals surface area (Å²) < 4.78 is 0. The van der Waals surface area contributed by atoms with Crippen LogP contribution in [0, 0.1) is 6.92 Å². The van der Waals surface area contributed by atoms with Gasteiger partial charge in [-0.1, -0.05) is 37.5 Å². The summed E-state index contributed by atoms with van der Waals surface area (Å²) in [4.78, 5) is 38.7. The molecular formula is C16H19N3O3. The summed E-state index contributed by atoms with van der Waals surface area (Å²) in [6, 6.07) is 4.95. The minimum absolute atomic E-state index is 0.381. The highest BCUT2D eigenvalue weighted by Crippen LogP contribution is 2.43. The Kier molecular flexibility index (Phi) is 3.39. The highest BCUT2D eigenvalue weighted by Gasteiger charge is 2.63. The van der Waals surface area contributed by atoms with Gasteiger partial charge in [-0.05, 0) is 19.4 Å². The van der Waals surface area contributed by atoms with E-state index in [9.17, 15) is 14.4 Å². The second-order valence-corrected chi connectivity index (χ2v) is 5.83. The predicted molar refractivity (Wildman–Crippen MR) is 81.3 cm³/mol. The number of amides is 4. The number of nitrogens with one attached hydrogen (secondary N) is 2. The first-order valence-corrected chi connectivity index (χ1v) is 7.57. The molecule has 116 valence electrons. The summed E-state index contributed by atoms with van der Waals surface area (Å²) in [6.07, 6.45) is 2.70. The maximum absolute atomic E-state index is 12.6. The van der Waals surface area contributed by atoms with Crippen LogP contribution in [0.2, 0.25) is 0 Å². The van der Waals surface area contributed by atoms with Gasteiger partial charge in [-0.2, -0.15) is 0 Å². The van der Waals surface area contributed by atoms with Gasteiger partial charge in [0.2, 0.25) is 5.54 Å². The number of hydrogen-bond donors (Lipinski definition) is 2. The number of hydrogen-bond acceptors (Lipinski definition) is 3. The topological polar surface area (TPSA) is 78.5 Å². The first-order chi connectivity index (χ1) is 10.5. The van der Waals surface area contributed by atoms with E-state index < -0.39 is 23.4 Å². The molecule has 1 fully saturated rings. The fourth-order valence-corrected chi connectivity index (χ4v) is 3.21. The van der Waals surface area contributed by atoms with Crippen molar-refractivity contribution in [2.75, 3.05) is 11.9 Å². The molecule has 0 aromatic heterocycles. The van der Waals surface area contributed by atoms with Crippen molar-refractivity contribution < 1.29 is 14.4 Å². The van der Waals surface area contributed by atoms with E-state index in [1.54, 1.807) is 12.1 Å². The summed E-state index contributed by atoms with van der Waals surface area (Å²) in [5.41, 5.74) is 0.556. The molecule has 2 aliphatic heterocycles. The summed E-state index contributed by atoms with van der Waals surface area (Å²) in [5, 5.41) is 5.04. The van der Waals surface area contributed by atoms with Gasteiger partial charge in [-0.25, -0.2) is 4.79 Å². The fraction of sp³-hybridized carbons (Fsp3) is 0.438. The molecule has 2 heterocycles. The van der Waals surface area contributed by atoms with Crippen LogP contribution >= 0.6 is 0 Å². The van der Waals surface area contributed by atoms with Gasteiger partial charge >= 0.3 is 6.03 Å². The van der Waals surface area contributed by atoms with Gasteiger partial charge in [0, 0.05) is 17.8 Å². The summed E-state index contributed by atoms with van der Waals surface area (Å²) in [7, 11) is 0. The SMILES string of the molecule is CCCCCN1C(=O)NC(=O)[C@@]12C(=O)Nc1ccc(C)cc12. The van der Waals surface area contributed by atoms with Gasteiger partial charge in [-0.3, -0.25) is 19.8 Å². The van der Waals surface area contributed by atoms with Crippen molar-refractivity contribution in [3.63, 3.8) is 0 Å². The third kappa shape index (κ3) is 1.83. The largest absolute Gasteiger partial charge is 0.325 e. The van der Waals surface area contributed by atoms with Crippen molar-refractivity contribution in [3.8, 4) is 0 Å². The number of rotatable bonds is 4. The lowest BCUT2D eigenvalue weighted by Crippen LogP contribution is -2.52. The van der Waals surface area contributed by atoms with Gasteiger partial charge in [-0.15, -0.1) is 0 Å². The third-order valence-corrected chi connectivity index (χ3v) is 4.33. The van der Waals surface area contributed by atoms with Crippen LogP contribution in [0.5, 0.6) is 0 Å². The van der Waals surface area contributed by atoms with E-state index in [1.165, 1.54) is 4.90 Å². The number of urea groups is 1. The Bertz CT molecular complexity index is 671. The quantitative estimate of drug-likeness (QED) is 0.506. The van der Waals surface area contributed by atoms with Gasteiger partial charge in [0.1, 0.15) is 0 Å². The molecule has 1 aromatic carbocycles. The third-order valence-electron chi connectivity index (χ3n) is 4.33. The Morgan fingerprint density at radius 2 is 1.82 bits per heavy atom. The molecule has 1 saturated heterocycles. The highest BCUT2D eigenvalue weighted by atomic mass is 16.2. The number of benzene rings is 1. The van der Waals surface area contributed by atoms with Crippen LogP contribution in [0.4, 0.5) is 10.5 Å². The second kappa shape index (κ2) is 5.12. The maximum Gasteiger partial charge on any atom is 0.325 e. The molecule has 0 radical (unpaired) electrons. The Labute approximate surface area is 128 Å². The van der Waals surface area contributed by atoms with Crippen LogP contribution in [0.25, 0.3) is 0 Å². The Morgan fingerprint density at radius 3 is 2.55 bits per heavy atom. The van der Waals surface area contributed by atoms with Gasteiger partial charge in [0.05, 0.1) is 0 Å². The van der Waals surface area contributed by atoms with Crippen LogP contribution in [0.3, 0.4) is 0 Å². The average Bonchev–Trinajstić information content (AvgIpc) is 2.89. The molecule has 4 amide bonds. The van der Waals surface area contributed by atoms with E-state index in [-0.39, 0.29) is 0 Å². The molecule has 0 saturated carbocycles. The van der Waals surface area contributed by atoms with Gasteiger partial charge < -0.3 is 5.32 Å². The van der Waals surface area contributed by atoms with Crippen molar-refractivity contribution in [1.82, 2.24) is 10.2 Å². The molecule has 2 aliphatic rings. The Morgan fingerprint density at radius 1 is 1.09 bits per heavy atom. The lowest BCUT2D eigenvalue weighted by Gasteiger charge is -2.30. The number of aryl methyl sites for hydroxylation is 1. The molecule has 3 rings (SSSR count). The first-order valence-electron chi connectivity index (χ1n) is 7.57. The van der Waals surface area contributed by atoms with E-state index in [4.69, 9.17) is 0 Å². The van der Waals surface area contributed by atoms with E-state index in [2.05, 4.69) is 17.6 Å². The van der Waals surface area contributed by atoms with E-state index >= 15 is 0 Å². The smallest absolute Gasteiger partial charge is 0.323 e. The number of anilines is 1. The number of nitrogens with zero attached hydrogens (tertiary/aromatic N) is 1. The molecule has 6 nitrogen and oxygen atoms in total. The molecule has 6 heteroatoms. The monoisotopic (exact) mass is 301 g/mol. The van der Waals surface area contributed by atoms with E-state index in [0.29, 0.717) is 17.8 Å². The molecule has 0 unspecified atom stereocenters. The van der Waals surface area contributed by atoms with Crippen molar-refractivity contribution in [1.29, 1.82) is 0 Å². The molecule has 1 aromatic rings. The number of fused-ring (bicyclic) bond motifs is 2.